The quantitative estimate of drug-likeness (QED) is 0.0729. The summed E-state index contributed by atoms with van der Waals surface area (Å²) in [6.07, 6.45) is -1.64. The van der Waals surface area contributed by atoms with E-state index in [2.05, 4.69) is 35.9 Å². The number of benzene rings is 1. The number of carboxylic acid groups (broad SMARTS) is 4. The number of nitrogens with two attached hydrogens (primary N) is 2. The Labute approximate surface area is 255 Å². The van der Waals surface area contributed by atoms with E-state index in [1.54, 1.807) is 30.3 Å². The van der Waals surface area contributed by atoms with Crippen molar-refractivity contribution in [1.82, 2.24) is 10.6 Å². The fourth-order valence-corrected chi connectivity index (χ4v) is 2.43. The van der Waals surface area contributed by atoms with Crippen molar-refractivity contribution in [3.63, 3.8) is 0 Å². The van der Waals surface area contributed by atoms with Crippen LogP contribution in [0.2, 0.25) is 0 Å². The predicted molar refractivity (Wildman–Crippen MR) is 154 cm³/mol. The number of nitrogens with one attached hydrogen (secondary N) is 2. The number of carbonyl (C=O) groups excluding carboxylic acids is 2. The molecular formula is C21H35N4O15PS2. The molecule has 0 aromatic heterocycles. The molecule has 0 heterocycles. The van der Waals surface area contributed by atoms with Crippen molar-refractivity contribution >= 4 is 68.8 Å². The second kappa shape index (κ2) is 24.2. The molecule has 0 spiro atoms. The standard InChI is InChI=1S/C10H17N3O6S.C8H8O3.C3H7NO2S.H3O4P/c11-5(10(18)19)1-2-7(14)13-6(4-20)9(17)12-3-8(15)16;9-7(8(10)11)6-4-2-1-3-5-6;4-2(1-7)3(5)6;1-5(2,3)4/h5-6,20H,1-4,11H2,(H,12,17)(H,13,14)(H,15,16)(H,18,19);1-5,7,9H,(H,10,11);2,7H,1,4H2,(H,5,6);(H3,1,2,3,4)/t5-,6-;;;/m0.../s1. The Hall–Kier alpha value is -3.27. The van der Waals surface area contributed by atoms with Crippen molar-refractivity contribution in [2.45, 2.75) is 37.1 Å². The lowest BCUT2D eigenvalue weighted by atomic mass is 10.1. The van der Waals surface area contributed by atoms with E-state index < -0.39 is 74.3 Å². The van der Waals surface area contributed by atoms with Gasteiger partial charge in [0.1, 0.15) is 24.7 Å². The molecule has 2 unspecified atom stereocenters. The molecule has 0 bridgehead atoms. The third-order valence-corrected chi connectivity index (χ3v) is 4.87. The second-order valence-corrected chi connectivity index (χ2v) is 9.45. The van der Waals surface area contributed by atoms with Gasteiger partial charge in [-0.3, -0.25) is 24.0 Å². The molecule has 1 rings (SSSR count). The summed E-state index contributed by atoms with van der Waals surface area (Å²) < 4.78 is 8.88. The van der Waals surface area contributed by atoms with Gasteiger partial charge in [0.25, 0.3) is 0 Å². The highest BCUT2D eigenvalue weighted by molar-refractivity contribution is 7.80. The van der Waals surface area contributed by atoms with Gasteiger partial charge in [0.15, 0.2) is 6.10 Å². The molecule has 0 aliphatic rings. The fraction of sp³-hybridized carbons (Fsp3) is 0.429. The van der Waals surface area contributed by atoms with Gasteiger partial charge in [-0.2, -0.15) is 25.3 Å². The zero-order valence-corrected chi connectivity index (χ0v) is 24.8. The number of thiol groups is 2. The molecule has 4 atom stereocenters. The summed E-state index contributed by atoms with van der Waals surface area (Å²) >= 11 is 7.52. The van der Waals surface area contributed by atoms with E-state index >= 15 is 0 Å². The second-order valence-electron chi connectivity index (χ2n) is 7.69. The molecule has 1 aromatic carbocycles. The lowest BCUT2D eigenvalue weighted by molar-refractivity contribution is -0.147. The highest BCUT2D eigenvalue weighted by atomic mass is 32.1. The Kier molecular flexibility index (Phi) is 24.9. The smallest absolute Gasteiger partial charge is 0.466 e. The van der Waals surface area contributed by atoms with E-state index in [1.807, 2.05) is 0 Å². The zero-order valence-electron chi connectivity index (χ0n) is 22.2. The van der Waals surface area contributed by atoms with Crippen LogP contribution in [-0.2, 0) is 33.3 Å². The minimum atomic E-state index is -4.64. The summed E-state index contributed by atoms with van der Waals surface area (Å²) in [6.45, 7) is -0.567. The van der Waals surface area contributed by atoms with Crippen molar-refractivity contribution in [3.8, 4) is 0 Å². The Morgan fingerprint density at radius 3 is 1.60 bits per heavy atom. The average Bonchev–Trinajstić information content (AvgIpc) is 2.92. The highest BCUT2D eigenvalue weighted by Crippen LogP contribution is 2.25. The summed E-state index contributed by atoms with van der Waals surface area (Å²) in [5.41, 5.74) is 10.6. The van der Waals surface area contributed by atoms with Crippen LogP contribution >= 0.6 is 33.1 Å². The maximum absolute atomic E-state index is 11.5. The Morgan fingerprint density at radius 2 is 1.28 bits per heavy atom. The molecule has 0 aliphatic heterocycles. The van der Waals surface area contributed by atoms with E-state index in [9.17, 15) is 28.8 Å². The summed E-state index contributed by atoms with van der Waals surface area (Å²) in [7, 11) is -4.64. The summed E-state index contributed by atoms with van der Waals surface area (Å²) in [6, 6.07) is 5.30. The van der Waals surface area contributed by atoms with Crippen molar-refractivity contribution < 1.29 is 73.5 Å². The molecule has 22 heteroatoms. The van der Waals surface area contributed by atoms with Gasteiger partial charge in [-0.25, -0.2) is 9.36 Å². The third-order valence-electron chi connectivity index (χ3n) is 4.11. The lowest BCUT2D eigenvalue weighted by Gasteiger charge is -2.16. The molecule has 1 aromatic rings. The number of aliphatic hydroxyl groups excluding tert-OH is 1. The van der Waals surface area contributed by atoms with Crippen molar-refractivity contribution in [2.75, 3.05) is 18.1 Å². The Balaban J connectivity index is -0.000000577. The van der Waals surface area contributed by atoms with Gasteiger partial charge in [0.05, 0.1) is 0 Å². The first-order chi connectivity index (χ1) is 19.7. The van der Waals surface area contributed by atoms with Crippen LogP contribution < -0.4 is 22.1 Å². The normalized spacial score (nSPS) is 12.8. The Morgan fingerprint density at radius 1 is 0.814 bits per heavy atom. The number of hydrogen-bond acceptors (Lipinski definition) is 12. The molecule has 2 amide bonds. The molecule has 0 saturated heterocycles. The minimum absolute atomic E-state index is 0.0256. The number of aliphatic carboxylic acids is 4. The Bertz CT molecular complexity index is 1070. The molecule has 19 nitrogen and oxygen atoms in total. The summed E-state index contributed by atoms with van der Waals surface area (Å²) in [4.78, 5) is 85.3. The van der Waals surface area contributed by atoms with Crippen LogP contribution in [0.25, 0.3) is 0 Å². The van der Waals surface area contributed by atoms with Crippen molar-refractivity contribution in [3.05, 3.63) is 35.9 Å². The molecule has 0 saturated carbocycles. The number of amides is 2. The molecule has 0 aliphatic carbocycles. The van der Waals surface area contributed by atoms with Crippen LogP contribution in [0.15, 0.2) is 30.3 Å². The molecule has 0 radical (unpaired) electrons. The first kappa shape index (κ1) is 44.2. The van der Waals surface area contributed by atoms with Crippen LogP contribution in [0.3, 0.4) is 0 Å². The predicted octanol–water partition coefficient (Wildman–Crippen LogP) is -3.00. The van der Waals surface area contributed by atoms with Crippen LogP contribution in [0.4, 0.5) is 0 Å². The van der Waals surface area contributed by atoms with Crippen LogP contribution in [-0.4, -0.2) is 112 Å². The minimum Gasteiger partial charge on any atom is -0.480 e. The van der Waals surface area contributed by atoms with E-state index in [0.29, 0.717) is 5.56 Å². The number of aliphatic hydroxyl groups is 1. The molecule has 246 valence electrons. The summed E-state index contributed by atoms with van der Waals surface area (Å²) in [5, 5.41) is 46.8. The number of rotatable bonds is 13. The van der Waals surface area contributed by atoms with Gasteiger partial charge in [-0.15, -0.1) is 0 Å². The third kappa shape index (κ3) is 28.6. The first-order valence-corrected chi connectivity index (χ1v) is 14.2. The first-order valence-electron chi connectivity index (χ1n) is 11.4. The van der Waals surface area contributed by atoms with Gasteiger partial charge in [0, 0.05) is 17.9 Å². The van der Waals surface area contributed by atoms with E-state index in [-0.39, 0.29) is 24.3 Å². The largest absolute Gasteiger partial charge is 0.480 e. The van der Waals surface area contributed by atoms with Gasteiger partial charge in [0.2, 0.25) is 11.8 Å². The van der Waals surface area contributed by atoms with Gasteiger partial charge in [-0.05, 0) is 12.0 Å². The van der Waals surface area contributed by atoms with Crippen LogP contribution in [0.1, 0.15) is 24.5 Å². The SMILES string of the molecule is NC(CS)C(=O)O.N[C@@H](CCC(=O)N[C@@H](CS)C(=O)NCC(=O)O)C(=O)O.O=C(O)C(O)c1ccccc1.O=P(O)(O)O. The highest BCUT2D eigenvalue weighted by Gasteiger charge is 2.21. The molecular weight excluding hydrogens is 643 g/mol. The fourth-order valence-electron chi connectivity index (χ4n) is 2.01. The summed E-state index contributed by atoms with van der Waals surface area (Å²) in [5.74, 6) is -5.74. The van der Waals surface area contributed by atoms with Crippen molar-refractivity contribution in [2.24, 2.45) is 11.5 Å². The molecule has 0 fully saturated rings. The maximum atomic E-state index is 11.5. The molecule has 14 N–H and O–H groups in total. The topological polar surface area (TPSA) is 357 Å². The van der Waals surface area contributed by atoms with Crippen LogP contribution in [0, 0.1) is 0 Å². The molecule has 43 heavy (non-hydrogen) atoms. The van der Waals surface area contributed by atoms with Gasteiger partial charge >= 0.3 is 31.7 Å². The van der Waals surface area contributed by atoms with E-state index in [1.165, 1.54) is 0 Å². The lowest BCUT2D eigenvalue weighted by Crippen LogP contribution is -2.49. The van der Waals surface area contributed by atoms with Crippen LogP contribution in [0.5, 0.6) is 0 Å². The van der Waals surface area contributed by atoms with E-state index in [0.717, 1.165) is 0 Å². The monoisotopic (exact) mass is 678 g/mol. The maximum Gasteiger partial charge on any atom is 0.466 e. The average molecular weight is 679 g/mol. The number of carboxylic acids is 4. The number of carbonyl (C=O) groups is 6. The van der Waals surface area contributed by atoms with Crippen molar-refractivity contribution in [1.29, 1.82) is 0 Å². The van der Waals surface area contributed by atoms with Gasteiger partial charge in [-0.1, -0.05) is 30.3 Å². The van der Waals surface area contributed by atoms with E-state index in [4.69, 9.17) is 56.2 Å². The number of phosphoric acid groups is 1. The van der Waals surface area contributed by atoms with Gasteiger partial charge < -0.3 is 62.3 Å². The number of hydrogen-bond donors (Lipinski definition) is 14. The zero-order chi connectivity index (χ0) is 34.3.